The average Bonchev–Trinajstić information content (AvgIpc) is 2.86. The number of benzene rings is 1. The van der Waals surface area contributed by atoms with Crippen LogP contribution >= 0.6 is 0 Å². The molecule has 14 heteroatoms. The Kier molecular flexibility index (Phi) is 7.90. The zero-order valence-corrected chi connectivity index (χ0v) is 25.2. The Hall–Kier alpha value is -3.98. The first-order valence-corrected chi connectivity index (χ1v) is 13.7. The highest BCUT2D eigenvalue weighted by Crippen LogP contribution is 2.54. The van der Waals surface area contributed by atoms with E-state index in [4.69, 9.17) is 5.73 Å². The molecular weight excluding hydrogens is 562 g/mol. The number of ketones is 2. The summed E-state index contributed by atoms with van der Waals surface area (Å²) in [6.07, 6.45) is 0.0509. The number of rotatable bonds is 6. The Morgan fingerprint density at radius 1 is 1.12 bits per heavy atom. The molecule has 0 aliphatic heterocycles. The number of likely N-dealkylation sites (N-methyl/N-ethyl adjacent to an activating group) is 1. The molecule has 234 valence electrons. The quantitative estimate of drug-likeness (QED) is 0.134. The van der Waals surface area contributed by atoms with Crippen molar-refractivity contribution in [1.29, 1.82) is 0 Å². The number of aliphatic hydroxyl groups excluding tert-OH is 2. The normalized spacial score (nSPS) is 25.5. The third-order valence-corrected chi connectivity index (χ3v) is 8.52. The summed E-state index contributed by atoms with van der Waals surface area (Å²) in [5.74, 6) is -8.27. The fourth-order valence-electron chi connectivity index (χ4n) is 6.35. The highest BCUT2D eigenvalue weighted by Gasteiger charge is 2.64. The van der Waals surface area contributed by atoms with E-state index < -0.39 is 81.8 Å². The van der Waals surface area contributed by atoms with Gasteiger partial charge in [0.25, 0.3) is 5.91 Å². The lowest BCUT2D eigenvalue weighted by molar-refractivity contribution is -0.163. The van der Waals surface area contributed by atoms with E-state index in [0.29, 0.717) is 11.3 Å². The molecule has 4 rings (SSSR count). The van der Waals surface area contributed by atoms with Crippen molar-refractivity contribution >= 4 is 40.5 Å². The van der Waals surface area contributed by atoms with E-state index in [1.54, 1.807) is 39.8 Å². The fraction of sp³-hybridized carbons (Fsp3) is 0.517. The Balaban J connectivity index is 1.89. The first-order valence-electron chi connectivity index (χ1n) is 13.7. The van der Waals surface area contributed by atoms with Gasteiger partial charge in [0.2, 0.25) is 11.7 Å². The van der Waals surface area contributed by atoms with Gasteiger partial charge in [0.1, 0.15) is 29.4 Å². The number of anilines is 2. The molecule has 43 heavy (non-hydrogen) atoms. The molecular formula is C29H39N5O9. The summed E-state index contributed by atoms with van der Waals surface area (Å²) in [6.45, 7) is 4.66. The number of fused-ring (bicyclic) bond motifs is 3. The van der Waals surface area contributed by atoms with Gasteiger partial charge in [-0.1, -0.05) is 0 Å². The highest BCUT2D eigenvalue weighted by molar-refractivity contribution is 6.24. The van der Waals surface area contributed by atoms with Crippen LogP contribution in [0.5, 0.6) is 5.75 Å². The number of carbonyl (C=O) groups is 4. The first-order chi connectivity index (χ1) is 19.7. The van der Waals surface area contributed by atoms with Crippen molar-refractivity contribution in [1.82, 2.24) is 9.96 Å². The Labute approximate surface area is 248 Å². The maximum atomic E-state index is 14.1. The molecule has 1 aromatic carbocycles. The number of aliphatic hydroxyl groups is 3. The lowest BCUT2D eigenvalue weighted by Gasteiger charge is -2.50. The molecule has 3 aliphatic carbocycles. The predicted molar refractivity (Wildman–Crippen MR) is 155 cm³/mol. The minimum Gasteiger partial charge on any atom is -0.508 e. The number of nitrogens with two attached hydrogens (primary N) is 1. The SMILES string of the molecule is CN(C)c1cc(NC(=O)CN(O)C(C)(C)C)c(O)c2c1C[C@H]1C[C@H]3[C@H](N(C)C)C(=O)C(C(N)=O)=C(O)[C@@]3(O)C(=O)C1=C2O. The molecule has 0 unspecified atom stereocenters. The number of nitrogens with zero attached hydrogens (tertiary/aromatic N) is 3. The molecule has 1 aromatic rings. The molecule has 2 amide bonds. The van der Waals surface area contributed by atoms with Crippen LogP contribution in [0.15, 0.2) is 23.0 Å². The lowest BCUT2D eigenvalue weighted by atomic mass is 9.57. The molecule has 1 fully saturated rings. The molecule has 8 N–H and O–H groups in total. The second-order valence-electron chi connectivity index (χ2n) is 12.8. The molecule has 0 bridgehead atoms. The zero-order chi connectivity index (χ0) is 32.5. The van der Waals surface area contributed by atoms with Crippen LogP contribution in [0.4, 0.5) is 11.4 Å². The van der Waals surface area contributed by atoms with E-state index in [9.17, 15) is 44.8 Å². The number of carbonyl (C=O) groups excluding carboxylic acids is 4. The third kappa shape index (κ3) is 4.93. The minimum atomic E-state index is -2.76. The first kappa shape index (κ1) is 31.9. The number of aromatic hydroxyl groups is 1. The van der Waals surface area contributed by atoms with Gasteiger partial charge in [-0.2, -0.15) is 5.06 Å². The van der Waals surface area contributed by atoms with Crippen molar-refractivity contribution in [3.8, 4) is 5.75 Å². The molecule has 0 spiro atoms. The predicted octanol–water partition coefficient (Wildman–Crippen LogP) is 0.458. The molecule has 0 aromatic heterocycles. The van der Waals surface area contributed by atoms with Crippen LogP contribution in [0.1, 0.15) is 38.3 Å². The Bertz CT molecular complexity index is 1490. The number of hydroxylamine groups is 2. The van der Waals surface area contributed by atoms with Crippen LogP contribution in [-0.4, -0.2) is 111 Å². The highest BCUT2D eigenvalue weighted by atomic mass is 16.5. The number of nitrogens with one attached hydrogen (secondary N) is 1. The molecule has 0 radical (unpaired) electrons. The monoisotopic (exact) mass is 601 g/mol. The topological polar surface area (TPSA) is 217 Å². The number of primary amides is 1. The number of amides is 2. The van der Waals surface area contributed by atoms with E-state index in [2.05, 4.69) is 5.32 Å². The van der Waals surface area contributed by atoms with Crippen LogP contribution < -0.4 is 16.0 Å². The lowest BCUT2D eigenvalue weighted by Crippen LogP contribution is -2.65. The number of phenols is 1. The van der Waals surface area contributed by atoms with Crippen LogP contribution in [0.25, 0.3) is 5.76 Å². The summed E-state index contributed by atoms with van der Waals surface area (Å²) < 4.78 is 0. The van der Waals surface area contributed by atoms with Gasteiger partial charge in [-0.05, 0) is 65.3 Å². The second kappa shape index (κ2) is 10.6. The summed E-state index contributed by atoms with van der Waals surface area (Å²) in [5, 5.41) is 59.2. The smallest absolute Gasteiger partial charge is 0.255 e. The van der Waals surface area contributed by atoms with E-state index in [-0.39, 0.29) is 29.7 Å². The van der Waals surface area contributed by atoms with Gasteiger partial charge < -0.3 is 41.6 Å². The van der Waals surface area contributed by atoms with Crippen molar-refractivity contribution in [3.05, 3.63) is 34.1 Å². The van der Waals surface area contributed by atoms with Crippen molar-refractivity contribution in [2.24, 2.45) is 17.6 Å². The zero-order valence-electron chi connectivity index (χ0n) is 25.2. The van der Waals surface area contributed by atoms with Crippen molar-refractivity contribution in [2.75, 3.05) is 45.0 Å². The van der Waals surface area contributed by atoms with Crippen LogP contribution in [-0.2, 0) is 25.6 Å². The summed E-state index contributed by atoms with van der Waals surface area (Å²) in [5.41, 5.74) is 1.36. The van der Waals surface area contributed by atoms with Crippen molar-refractivity contribution < 1.29 is 44.8 Å². The van der Waals surface area contributed by atoms with Crippen LogP contribution in [0.3, 0.4) is 0 Å². The van der Waals surface area contributed by atoms with Gasteiger partial charge in [-0.25, -0.2) is 0 Å². The van der Waals surface area contributed by atoms with Gasteiger partial charge in [0.05, 0.1) is 17.3 Å². The van der Waals surface area contributed by atoms with E-state index in [1.807, 2.05) is 0 Å². The molecule has 0 saturated heterocycles. The maximum Gasteiger partial charge on any atom is 0.255 e. The molecule has 0 heterocycles. The largest absolute Gasteiger partial charge is 0.508 e. The summed E-state index contributed by atoms with van der Waals surface area (Å²) >= 11 is 0. The molecule has 14 nitrogen and oxygen atoms in total. The molecule has 4 atom stereocenters. The number of hydrogen-bond donors (Lipinski definition) is 7. The van der Waals surface area contributed by atoms with Gasteiger partial charge in [-0.3, -0.25) is 24.1 Å². The number of phenolic OH excluding ortho intramolecular Hbond substituents is 1. The van der Waals surface area contributed by atoms with Gasteiger partial charge in [-0.15, -0.1) is 0 Å². The Morgan fingerprint density at radius 3 is 2.23 bits per heavy atom. The van der Waals surface area contributed by atoms with Crippen LogP contribution in [0.2, 0.25) is 0 Å². The van der Waals surface area contributed by atoms with Gasteiger partial charge in [0.15, 0.2) is 11.4 Å². The van der Waals surface area contributed by atoms with E-state index in [1.165, 1.54) is 25.1 Å². The third-order valence-electron chi connectivity index (χ3n) is 8.52. The van der Waals surface area contributed by atoms with Crippen molar-refractivity contribution in [3.63, 3.8) is 0 Å². The fourth-order valence-corrected chi connectivity index (χ4v) is 6.35. The van der Waals surface area contributed by atoms with E-state index in [0.717, 1.165) is 5.06 Å². The summed E-state index contributed by atoms with van der Waals surface area (Å²) in [7, 11) is 6.49. The number of hydrogen-bond acceptors (Lipinski definition) is 12. The van der Waals surface area contributed by atoms with E-state index >= 15 is 0 Å². The molecule has 3 aliphatic rings. The summed E-state index contributed by atoms with van der Waals surface area (Å²) in [6, 6.07) is 0.320. The van der Waals surface area contributed by atoms with Crippen LogP contribution in [0, 0.1) is 11.8 Å². The van der Waals surface area contributed by atoms with Gasteiger partial charge >= 0.3 is 0 Å². The second-order valence-corrected chi connectivity index (χ2v) is 12.8. The van der Waals surface area contributed by atoms with Gasteiger partial charge in [0, 0.05) is 36.8 Å². The molecule has 1 saturated carbocycles. The minimum absolute atomic E-state index is 0.0446. The Morgan fingerprint density at radius 2 is 1.72 bits per heavy atom. The number of Topliss-reactive ketones (excluding diaryl/α,β-unsaturated/α-hetero) is 2. The average molecular weight is 602 g/mol. The standard InChI is InChI=1S/C29H39N5O9/c1-28(2,3)34(43)11-17(35)31-15-10-16(32(4)5)13-8-12-9-14-21(33(6)7)24(38)20(27(30)41)26(40)29(14,42)25(39)18(12)23(37)19(13)22(15)36/h10,12,14,21,36-37,40,42-43H,8-9,11H2,1-7H3,(H2,30,41)(H,31,35)/t12-,14-,21-,29-/m0/s1. The maximum absolute atomic E-state index is 14.1. The van der Waals surface area contributed by atoms with Crippen molar-refractivity contribution in [2.45, 2.75) is 50.8 Å². The summed E-state index contributed by atoms with van der Waals surface area (Å²) in [4.78, 5) is 55.4.